The van der Waals surface area contributed by atoms with Crippen molar-refractivity contribution in [3.8, 4) is 0 Å². The zero-order valence-corrected chi connectivity index (χ0v) is 14.7. The van der Waals surface area contributed by atoms with Gasteiger partial charge in [0, 0.05) is 12.5 Å². The van der Waals surface area contributed by atoms with Crippen molar-refractivity contribution in [2.24, 2.45) is 34.5 Å². The molecule has 3 heteroatoms. The van der Waals surface area contributed by atoms with Gasteiger partial charge in [-0.3, -0.25) is 4.79 Å². The van der Waals surface area contributed by atoms with E-state index in [2.05, 4.69) is 13.8 Å². The molecule has 23 heavy (non-hydrogen) atoms. The standard InChI is InChI=1S/C20H30O3/c1-19-7-4-8-20(2,18(22)23-3)17(19)6-5-13-14-9-12(10-16(13)19)15(14)11-21/h12,15-17,21H,4-11H2,1-3H3/t12-,15?,16+,17-,19-,20+/m0/s1. The maximum Gasteiger partial charge on any atom is 0.311 e. The number of methoxy groups -OCH3 is 1. The van der Waals surface area contributed by atoms with Crippen LogP contribution >= 0.6 is 0 Å². The number of hydrogen-bond donors (Lipinski definition) is 1. The topological polar surface area (TPSA) is 46.5 Å². The molecule has 0 amide bonds. The van der Waals surface area contributed by atoms with E-state index < -0.39 is 0 Å². The van der Waals surface area contributed by atoms with Crippen molar-refractivity contribution in [2.75, 3.05) is 13.7 Å². The molecule has 5 aliphatic rings. The van der Waals surface area contributed by atoms with E-state index in [4.69, 9.17) is 4.74 Å². The van der Waals surface area contributed by atoms with Crippen LogP contribution < -0.4 is 0 Å². The predicted molar refractivity (Wildman–Crippen MR) is 88.6 cm³/mol. The lowest BCUT2D eigenvalue weighted by Crippen LogP contribution is -2.56. The summed E-state index contributed by atoms with van der Waals surface area (Å²) in [4.78, 5) is 12.5. The lowest BCUT2D eigenvalue weighted by atomic mass is 9.42. The third-order valence-corrected chi connectivity index (χ3v) is 8.19. The Labute approximate surface area is 139 Å². The lowest BCUT2D eigenvalue weighted by Gasteiger charge is -2.62. The number of rotatable bonds is 2. The van der Waals surface area contributed by atoms with E-state index in [9.17, 15) is 9.90 Å². The molecule has 128 valence electrons. The molecule has 0 spiro atoms. The van der Waals surface area contributed by atoms with E-state index in [1.165, 1.54) is 26.4 Å². The van der Waals surface area contributed by atoms with Gasteiger partial charge in [-0.2, -0.15) is 0 Å². The molecule has 0 saturated heterocycles. The van der Waals surface area contributed by atoms with Crippen LogP contribution in [0.5, 0.6) is 0 Å². The van der Waals surface area contributed by atoms with Gasteiger partial charge in [-0.05, 0) is 68.6 Å². The number of hydrogen-bond acceptors (Lipinski definition) is 3. The van der Waals surface area contributed by atoms with Crippen LogP contribution in [0.2, 0.25) is 0 Å². The minimum Gasteiger partial charge on any atom is -0.469 e. The third kappa shape index (κ3) is 1.89. The SMILES string of the molecule is COC(=O)[C@]1(C)CCC[C@@]2(C)[C@@H]3C[C@@H]4CC(=C3CC[C@@H]21)C4CO. The number of aliphatic hydroxyl groups excluding tert-OH is 1. The second kappa shape index (κ2) is 5.08. The van der Waals surface area contributed by atoms with Gasteiger partial charge in [0.2, 0.25) is 0 Å². The lowest BCUT2D eigenvalue weighted by molar-refractivity contribution is -0.169. The largest absolute Gasteiger partial charge is 0.469 e. The van der Waals surface area contributed by atoms with Crippen molar-refractivity contribution in [1.82, 2.24) is 0 Å². The fraction of sp³-hybridized carbons (Fsp3) is 0.850. The summed E-state index contributed by atoms with van der Waals surface area (Å²) < 4.78 is 5.20. The molecule has 0 radical (unpaired) electrons. The van der Waals surface area contributed by atoms with E-state index >= 15 is 0 Å². The summed E-state index contributed by atoms with van der Waals surface area (Å²) in [6.45, 7) is 4.93. The average Bonchev–Trinajstić information content (AvgIpc) is 2.53. The number of carbonyl (C=O) groups is 1. The van der Waals surface area contributed by atoms with Gasteiger partial charge in [0.15, 0.2) is 0 Å². The van der Waals surface area contributed by atoms with Crippen molar-refractivity contribution in [2.45, 2.75) is 58.8 Å². The molecule has 5 aliphatic carbocycles. The van der Waals surface area contributed by atoms with Crippen LogP contribution in [0.15, 0.2) is 11.1 Å². The molecule has 2 bridgehead atoms. The number of allylic oxidation sites excluding steroid dienone is 1. The smallest absolute Gasteiger partial charge is 0.311 e. The second-order valence-electron chi connectivity index (χ2n) is 8.95. The summed E-state index contributed by atoms with van der Waals surface area (Å²) in [5.74, 6) is 2.22. The van der Waals surface area contributed by atoms with Crippen LogP contribution in [0.1, 0.15) is 58.8 Å². The molecule has 0 aromatic rings. The summed E-state index contributed by atoms with van der Waals surface area (Å²) >= 11 is 0. The highest BCUT2D eigenvalue weighted by Crippen LogP contribution is 2.67. The van der Waals surface area contributed by atoms with E-state index in [1.54, 1.807) is 11.1 Å². The molecular weight excluding hydrogens is 288 g/mol. The van der Waals surface area contributed by atoms with Crippen LogP contribution in [-0.4, -0.2) is 24.8 Å². The Morgan fingerprint density at radius 2 is 2.09 bits per heavy atom. The van der Waals surface area contributed by atoms with Gasteiger partial charge < -0.3 is 9.84 Å². The van der Waals surface area contributed by atoms with E-state index in [0.717, 1.165) is 25.7 Å². The van der Waals surface area contributed by atoms with E-state index in [-0.39, 0.29) is 16.8 Å². The number of esters is 1. The Hall–Kier alpha value is -0.830. The number of fused-ring (bicyclic) bond motifs is 1. The normalized spacial score (nSPS) is 48.2. The van der Waals surface area contributed by atoms with Crippen molar-refractivity contribution in [3.63, 3.8) is 0 Å². The zero-order chi connectivity index (χ0) is 16.4. The molecule has 5 rings (SSSR count). The molecule has 0 aromatic heterocycles. The molecule has 6 atom stereocenters. The summed E-state index contributed by atoms with van der Waals surface area (Å²) in [6, 6.07) is 0. The highest BCUT2D eigenvalue weighted by molar-refractivity contribution is 5.77. The van der Waals surface area contributed by atoms with Gasteiger partial charge in [0.05, 0.1) is 12.5 Å². The average molecular weight is 318 g/mol. The Kier molecular flexibility index (Phi) is 3.46. The van der Waals surface area contributed by atoms with Gasteiger partial charge in [0.1, 0.15) is 0 Å². The minimum absolute atomic E-state index is 0.00117. The van der Waals surface area contributed by atoms with E-state index in [0.29, 0.717) is 30.3 Å². The molecule has 0 aliphatic heterocycles. The maximum absolute atomic E-state index is 12.5. The maximum atomic E-state index is 12.5. The van der Waals surface area contributed by atoms with Gasteiger partial charge in [0.25, 0.3) is 0 Å². The van der Waals surface area contributed by atoms with Crippen molar-refractivity contribution in [3.05, 3.63) is 11.1 Å². The van der Waals surface area contributed by atoms with Crippen LogP contribution in [0.25, 0.3) is 0 Å². The molecule has 1 N–H and O–H groups in total. The van der Waals surface area contributed by atoms with Gasteiger partial charge in [-0.15, -0.1) is 0 Å². The second-order valence-corrected chi connectivity index (χ2v) is 8.95. The number of carbonyl (C=O) groups excluding carboxylic acids is 1. The first kappa shape index (κ1) is 15.7. The molecule has 3 saturated carbocycles. The number of aliphatic hydroxyl groups is 1. The molecule has 1 unspecified atom stereocenters. The first-order valence-electron chi connectivity index (χ1n) is 9.36. The predicted octanol–water partition coefficient (Wildman–Crippen LogP) is 3.71. The summed E-state index contributed by atoms with van der Waals surface area (Å²) in [5, 5.41) is 9.67. The summed E-state index contributed by atoms with van der Waals surface area (Å²) in [7, 11) is 1.54. The first-order valence-corrected chi connectivity index (χ1v) is 9.36. The van der Waals surface area contributed by atoms with Crippen molar-refractivity contribution >= 4 is 5.97 Å². The highest BCUT2D eigenvalue weighted by Gasteiger charge is 2.61. The van der Waals surface area contributed by atoms with Crippen LogP contribution in [0, 0.1) is 34.5 Å². The molecule has 3 fully saturated rings. The quantitative estimate of drug-likeness (QED) is 0.623. The first-order chi connectivity index (χ1) is 11.0. The Morgan fingerprint density at radius 3 is 2.78 bits per heavy atom. The fourth-order valence-electron chi connectivity index (χ4n) is 7.00. The van der Waals surface area contributed by atoms with E-state index in [1.807, 2.05) is 0 Å². The monoisotopic (exact) mass is 318 g/mol. The molecular formula is C20H30O3. The Morgan fingerprint density at radius 1 is 1.30 bits per heavy atom. The Balaban J connectivity index is 1.72. The van der Waals surface area contributed by atoms with Gasteiger partial charge in [-0.1, -0.05) is 24.5 Å². The third-order valence-electron chi connectivity index (χ3n) is 8.19. The highest BCUT2D eigenvalue weighted by atomic mass is 16.5. The fourth-order valence-corrected chi connectivity index (χ4v) is 7.00. The summed E-state index contributed by atoms with van der Waals surface area (Å²) in [5.41, 5.74) is 3.17. The van der Waals surface area contributed by atoms with Gasteiger partial charge >= 0.3 is 5.97 Å². The van der Waals surface area contributed by atoms with Crippen LogP contribution in [-0.2, 0) is 9.53 Å². The van der Waals surface area contributed by atoms with Crippen molar-refractivity contribution in [1.29, 1.82) is 0 Å². The van der Waals surface area contributed by atoms with Crippen LogP contribution in [0.4, 0.5) is 0 Å². The minimum atomic E-state index is -0.310. The molecule has 3 nitrogen and oxygen atoms in total. The molecule has 0 aromatic carbocycles. The summed E-state index contributed by atoms with van der Waals surface area (Å²) in [6.07, 6.45) is 8.05. The van der Waals surface area contributed by atoms with Crippen molar-refractivity contribution < 1.29 is 14.6 Å². The number of ether oxygens (including phenoxy) is 1. The Bertz CT molecular complexity index is 565. The zero-order valence-electron chi connectivity index (χ0n) is 14.7. The van der Waals surface area contributed by atoms with Gasteiger partial charge in [-0.25, -0.2) is 0 Å². The molecule has 0 heterocycles. The van der Waals surface area contributed by atoms with Crippen LogP contribution in [0.3, 0.4) is 0 Å².